The van der Waals surface area contributed by atoms with Crippen LogP contribution < -0.4 is 4.74 Å². The van der Waals surface area contributed by atoms with Gasteiger partial charge in [0.1, 0.15) is 17.8 Å². The lowest BCUT2D eigenvalue weighted by Gasteiger charge is -2.11. The number of halogens is 3. The van der Waals surface area contributed by atoms with Gasteiger partial charge in [0.2, 0.25) is 0 Å². The maximum Gasteiger partial charge on any atom is 0.435 e. The monoisotopic (exact) mass is 400 g/mol. The normalized spacial score (nSPS) is 12.9. The Kier molecular flexibility index (Phi) is 3.61. The van der Waals surface area contributed by atoms with Crippen LogP contribution in [0.1, 0.15) is 17.0 Å². The summed E-state index contributed by atoms with van der Waals surface area (Å²) in [6.07, 6.45) is -0.733. The van der Waals surface area contributed by atoms with Gasteiger partial charge in [-0.15, -0.1) is 0 Å². The molecule has 0 radical (unpaired) electrons. The van der Waals surface area contributed by atoms with Gasteiger partial charge in [-0.3, -0.25) is 9.78 Å². The van der Waals surface area contributed by atoms with E-state index in [-0.39, 0.29) is 0 Å². The first-order chi connectivity index (χ1) is 13.9. The van der Waals surface area contributed by atoms with Crippen LogP contribution in [-0.4, -0.2) is 36.6 Å². The van der Waals surface area contributed by atoms with Gasteiger partial charge >= 0.3 is 6.18 Å². The largest absolute Gasteiger partial charge is 0.497 e. The first kappa shape index (κ1) is 17.5. The molecule has 0 bridgehead atoms. The number of benzene rings is 1. The second-order valence-electron chi connectivity index (χ2n) is 6.78. The Morgan fingerprint density at radius 2 is 2.03 bits per heavy atom. The van der Waals surface area contributed by atoms with Gasteiger partial charge in [0.05, 0.1) is 36.1 Å². The standard InChI is InChI=1S/C19H15F3N6O/c1-27-14(7-16(26-27)19(20,21)22)18-15-5-10-8-24-25-17(10)12-6-11(29-2)3-4-13(12)28(15)9-23-18/h3-4,6-9H,5H2,1-2H3,(H,24,25). The number of alkyl halides is 3. The lowest BCUT2D eigenvalue weighted by molar-refractivity contribution is -0.141. The number of imidazole rings is 1. The van der Waals surface area contributed by atoms with Crippen LogP contribution in [0.5, 0.6) is 5.75 Å². The van der Waals surface area contributed by atoms with Crippen molar-refractivity contribution in [1.29, 1.82) is 0 Å². The molecule has 10 heteroatoms. The Balaban J connectivity index is 1.74. The van der Waals surface area contributed by atoms with E-state index in [1.54, 1.807) is 19.6 Å². The third-order valence-corrected chi connectivity index (χ3v) is 5.09. The van der Waals surface area contributed by atoms with Crippen LogP contribution in [0.25, 0.3) is 28.3 Å². The molecule has 3 aromatic heterocycles. The molecule has 1 aliphatic heterocycles. The third kappa shape index (κ3) is 2.63. The maximum absolute atomic E-state index is 13.1. The number of ether oxygens (including phenoxy) is 1. The van der Waals surface area contributed by atoms with E-state index in [2.05, 4.69) is 20.3 Å². The quantitative estimate of drug-likeness (QED) is 0.492. The molecule has 1 aliphatic rings. The smallest absolute Gasteiger partial charge is 0.435 e. The zero-order chi connectivity index (χ0) is 20.3. The molecule has 0 aliphatic carbocycles. The van der Waals surface area contributed by atoms with Crippen LogP contribution in [0.4, 0.5) is 13.2 Å². The minimum Gasteiger partial charge on any atom is -0.497 e. The number of nitrogens with one attached hydrogen (secondary N) is 1. The maximum atomic E-state index is 13.1. The highest BCUT2D eigenvalue weighted by molar-refractivity contribution is 5.77. The Labute approximate surface area is 162 Å². The number of rotatable bonds is 2. The summed E-state index contributed by atoms with van der Waals surface area (Å²) in [7, 11) is 3.07. The fourth-order valence-electron chi connectivity index (χ4n) is 3.70. The molecular weight excluding hydrogens is 385 g/mol. The van der Waals surface area contributed by atoms with Crippen molar-refractivity contribution in [1.82, 2.24) is 29.5 Å². The Hall–Kier alpha value is -3.56. The van der Waals surface area contributed by atoms with E-state index >= 15 is 0 Å². The zero-order valence-electron chi connectivity index (χ0n) is 15.4. The summed E-state index contributed by atoms with van der Waals surface area (Å²) >= 11 is 0. The number of hydrogen-bond donors (Lipinski definition) is 1. The summed E-state index contributed by atoms with van der Waals surface area (Å²) in [6, 6.07) is 6.64. The number of methoxy groups -OCH3 is 1. The van der Waals surface area contributed by atoms with E-state index in [1.807, 2.05) is 22.8 Å². The van der Waals surface area contributed by atoms with E-state index in [9.17, 15) is 13.2 Å². The fraction of sp³-hybridized carbons (Fsp3) is 0.211. The van der Waals surface area contributed by atoms with Gasteiger partial charge in [-0.1, -0.05) is 0 Å². The minimum absolute atomic E-state index is 0.299. The summed E-state index contributed by atoms with van der Waals surface area (Å²) in [5.74, 6) is 0.689. The van der Waals surface area contributed by atoms with E-state index in [4.69, 9.17) is 4.74 Å². The van der Waals surface area contributed by atoms with Crippen molar-refractivity contribution in [3.8, 4) is 34.1 Å². The number of H-pyrrole nitrogens is 1. The summed E-state index contributed by atoms with van der Waals surface area (Å²) in [6.45, 7) is 0. The van der Waals surface area contributed by atoms with Gasteiger partial charge in [0, 0.05) is 24.6 Å². The molecule has 0 saturated heterocycles. The predicted octanol–water partition coefficient (Wildman–Crippen LogP) is 3.59. The molecule has 0 spiro atoms. The van der Waals surface area contributed by atoms with Gasteiger partial charge in [0.15, 0.2) is 5.69 Å². The van der Waals surface area contributed by atoms with Crippen molar-refractivity contribution in [3.63, 3.8) is 0 Å². The lowest BCUT2D eigenvalue weighted by atomic mass is 10.0. The van der Waals surface area contributed by atoms with Crippen LogP contribution >= 0.6 is 0 Å². The molecule has 0 unspecified atom stereocenters. The SMILES string of the molecule is COc1ccc2c(c1)-c1[nH]ncc1Cc1c(-c3cc(C(F)(F)F)nn3C)ncn1-2. The van der Waals surface area contributed by atoms with Gasteiger partial charge in [0.25, 0.3) is 0 Å². The molecule has 0 atom stereocenters. The molecular formula is C19H15F3N6O. The predicted molar refractivity (Wildman–Crippen MR) is 97.7 cm³/mol. The Bertz CT molecular complexity index is 1230. The highest BCUT2D eigenvalue weighted by Gasteiger charge is 2.35. The molecule has 4 aromatic rings. The number of fused-ring (bicyclic) bond motifs is 5. The van der Waals surface area contributed by atoms with Crippen LogP contribution in [0.15, 0.2) is 36.8 Å². The first-order valence-electron chi connectivity index (χ1n) is 8.75. The molecule has 1 N–H and O–H groups in total. The van der Waals surface area contributed by atoms with Crippen LogP contribution in [0.2, 0.25) is 0 Å². The second-order valence-corrected chi connectivity index (χ2v) is 6.78. The average Bonchev–Trinajstić information content (AvgIpc) is 3.38. The number of aromatic nitrogens is 6. The Morgan fingerprint density at radius 1 is 1.21 bits per heavy atom. The third-order valence-electron chi connectivity index (χ3n) is 5.09. The fourth-order valence-corrected chi connectivity index (χ4v) is 3.70. The molecule has 7 nitrogen and oxygen atoms in total. The second kappa shape index (κ2) is 5.97. The molecule has 0 fully saturated rings. The summed E-state index contributed by atoms with van der Waals surface area (Å²) in [4.78, 5) is 4.44. The molecule has 148 valence electrons. The number of hydrogen-bond acceptors (Lipinski definition) is 4. The average molecular weight is 400 g/mol. The zero-order valence-corrected chi connectivity index (χ0v) is 15.4. The van der Waals surface area contributed by atoms with E-state index in [0.29, 0.717) is 23.6 Å². The van der Waals surface area contributed by atoms with Crippen molar-refractivity contribution >= 4 is 0 Å². The Morgan fingerprint density at radius 3 is 2.76 bits per heavy atom. The van der Waals surface area contributed by atoms with Crippen molar-refractivity contribution in [2.24, 2.45) is 7.05 Å². The van der Waals surface area contributed by atoms with Crippen LogP contribution in [0.3, 0.4) is 0 Å². The van der Waals surface area contributed by atoms with Crippen LogP contribution in [0, 0.1) is 0 Å². The highest BCUT2D eigenvalue weighted by atomic mass is 19.4. The van der Waals surface area contributed by atoms with Gasteiger partial charge in [-0.2, -0.15) is 23.4 Å². The van der Waals surface area contributed by atoms with Crippen LogP contribution in [-0.2, 0) is 19.6 Å². The highest BCUT2D eigenvalue weighted by Crippen LogP contribution is 2.39. The van der Waals surface area contributed by atoms with E-state index in [1.165, 1.54) is 11.7 Å². The topological polar surface area (TPSA) is 73.6 Å². The molecule has 5 rings (SSSR count). The molecule has 0 amide bonds. The number of nitrogens with zero attached hydrogens (tertiary/aromatic N) is 5. The number of aromatic amines is 1. The van der Waals surface area contributed by atoms with E-state index < -0.39 is 11.9 Å². The number of aryl methyl sites for hydroxylation is 1. The summed E-state index contributed by atoms with van der Waals surface area (Å²) in [5.41, 5.74) is 4.03. The molecule has 1 aromatic carbocycles. The van der Waals surface area contributed by atoms with Gasteiger partial charge in [-0.25, -0.2) is 4.98 Å². The van der Waals surface area contributed by atoms with Gasteiger partial charge < -0.3 is 9.30 Å². The molecule has 29 heavy (non-hydrogen) atoms. The van der Waals surface area contributed by atoms with Crippen molar-refractivity contribution in [2.45, 2.75) is 12.6 Å². The minimum atomic E-state index is -4.52. The van der Waals surface area contributed by atoms with E-state index in [0.717, 1.165) is 34.3 Å². The molecule has 4 heterocycles. The van der Waals surface area contributed by atoms with Crippen molar-refractivity contribution in [3.05, 3.63) is 53.7 Å². The van der Waals surface area contributed by atoms with Crippen molar-refractivity contribution < 1.29 is 17.9 Å². The first-order valence-corrected chi connectivity index (χ1v) is 8.75. The molecule has 0 saturated carbocycles. The summed E-state index contributed by atoms with van der Waals surface area (Å²) < 4.78 is 47.8. The van der Waals surface area contributed by atoms with Crippen molar-refractivity contribution in [2.75, 3.05) is 7.11 Å². The summed E-state index contributed by atoms with van der Waals surface area (Å²) in [5, 5.41) is 10.8. The lowest BCUT2D eigenvalue weighted by Crippen LogP contribution is -2.06. The van der Waals surface area contributed by atoms with Gasteiger partial charge in [-0.05, 0) is 24.3 Å².